The van der Waals surface area contributed by atoms with Crippen molar-refractivity contribution in [1.82, 2.24) is 5.32 Å². The molecule has 0 fully saturated rings. The molecule has 22 heavy (non-hydrogen) atoms. The van der Waals surface area contributed by atoms with Gasteiger partial charge in [0.15, 0.2) is 0 Å². The van der Waals surface area contributed by atoms with Crippen LogP contribution in [0.4, 0.5) is 5.69 Å². The summed E-state index contributed by atoms with van der Waals surface area (Å²) in [5.74, 6) is 0.00154. The van der Waals surface area contributed by atoms with Gasteiger partial charge < -0.3 is 10.6 Å². The van der Waals surface area contributed by atoms with Crippen LogP contribution in [0.3, 0.4) is 0 Å². The molecule has 0 spiro atoms. The highest BCUT2D eigenvalue weighted by Gasteiger charge is 2.10. The molecule has 0 aromatic heterocycles. The number of amides is 1. The SMILES string of the molecule is CCc1cccc(C)c1NCC(=O)NC(C)c1ccccc1. The Kier molecular flexibility index (Phi) is 5.59. The van der Waals surface area contributed by atoms with Gasteiger partial charge in [-0.05, 0) is 37.0 Å². The molecule has 0 aliphatic heterocycles. The molecule has 2 rings (SSSR count). The Hall–Kier alpha value is -2.29. The number of carbonyl (C=O) groups excluding carboxylic acids is 1. The van der Waals surface area contributed by atoms with Gasteiger partial charge in [-0.2, -0.15) is 0 Å². The number of benzene rings is 2. The third kappa shape index (κ3) is 4.10. The van der Waals surface area contributed by atoms with Crippen molar-refractivity contribution < 1.29 is 4.79 Å². The van der Waals surface area contributed by atoms with Gasteiger partial charge in [0.05, 0.1) is 12.6 Å². The first-order valence-electron chi connectivity index (χ1n) is 7.78. The lowest BCUT2D eigenvalue weighted by Crippen LogP contribution is -2.32. The predicted octanol–water partition coefficient (Wildman–Crippen LogP) is 3.85. The number of hydrogen-bond donors (Lipinski definition) is 2. The molecule has 2 aromatic carbocycles. The predicted molar refractivity (Wildman–Crippen MR) is 92.0 cm³/mol. The van der Waals surface area contributed by atoms with Gasteiger partial charge in [-0.3, -0.25) is 4.79 Å². The summed E-state index contributed by atoms with van der Waals surface area (Å²) < 4.78 is 0. The van der Waals surface area contributed by atoms with Crippen molar-refractivity contribution in [2.75, 3.05) is 11.9 Å². The van der Waals surface area contributed by atoms with E-state index in [-0.39, 0.29) is 18.5 Å². The van der Waals surface area contributed by atoms with Crippen molar-refractivity contribution in [2.45, 2.75) is 33.2 Å². The summed E-state index contributed by atoms with van der Waals surface area (Å²) in [4.78, 5) is 12.1. The van der Waals surface area contributed by atoms with E-state index < -0.39 is 0 Å². The van der Waals surface area contributed by atoms with Gasteiger partial charge in [0.1, 0.15) is 0 Å². The summed E-state index contributed by atoms with van der Waals surface area (Å²) in [5.41, 5.74) is 4.60. The fourth-order valence-corrected chi connectivity index (χ4v) is 2.56. The molecule has 0 aliphatic rings. The number of nitrogens with one attached hydrogen (secondary N) is 2. The molecule has 2 aromatic rings. The average molecular weight is 296 g/mol. The van der Waals surface area contributed by atoms with E-state index in [1.165, 1.54) is 11.1 Å². The summed E-state index contributed by atoms with van der Waals surface area (Å²) in [6.07, 6.45) is 0.950. The zero-order valence-electron chi connectivity index (χ0n) is 13.5. The zero-order valence-corrected chi connectivity index (χ0v) is 13.5. The molecule has 0 saturated carbocycles. The second-order valence-electron chi connectivity index (χ2n) is 5.52. The molecule has 0 bridgehead atoms. The van der Waals surface area contributed by atoms with E-state index in [9.17, 15) is 4.79 Å². The van der Waals surface area contributed by atoms with E-state index in [4.69, 9.17) is 0 Å². The smallest absolute Gasteiger partial charge is 0.239 e. The fourth-order valence-electron chi connectivity index (χ4n) is 2.56. The third-order valence-electron chi connectivity index (χ3n) is 3.84. The number of hydrogen-bond acceptors (Lipinski definition) is 2. The van der Waals surface area contributed by atoms with Gasteiger partial charge in [0, 0.05) is 5.69 Å². The van der Waals surface area contributed by atoms with Crippen LogP contribution in [0, 0.1) is 6.92 Å². The molecule has 1 unspecified atom stereocenters. The second-order valence-corrected chi connectivity index (χ2v) is 5.52. The normalized spacial score (nSPS) is 11.8. The molecular formula is C19H24N2O. The number of rotatable bonds is 6. The Morgan fingerprint density at radius 3 is 2.50 bits per heavy atom. The summed E-state index contributed by atoms with van der Waals surface area (Å²) in [7, 11) is 0. The maximum atomic E-state index is 12.1. The molecule has 0 heterocycles. The van der Waals surface area contributed by atoms with Crippen molar-refractivity contribution in [2.24, 2.45) is 0 Å². The summed E-state index contributed by atoms with van der Waals surface area (Å²) in [6, 6.07) is 16.2. The largest absolute Gasteiger partial charge is 0.376 e. The van der Waals surface area contributed by atoms with Crippen molar-refractivity contribution in [3.05, 3.63) is 65.2 Å². The lowest BCUT2D eigenvalue weighted by Gasteiger charge is -2.17. The molecule has 3 nitrogen and oxygen atoms in total. The zero-order chi connectivity index (χ0) is 15.9. The second kappa shape index (κ2) is 7.64. The molecule has 3 heteroatoms. The quantitative estimate of drug-likeness (QED) is 0.850. The first-order chi connectivity index (χ1) is 10.6. The molecule has 116 valence electrons. The maximum Gasteiger partial charge on any atom is 0.239 e. The first kappa shape index (κ1) is 16.1. The Morgan fingerprint density at radius 2 is 1.82 bits per heavy atom. The topological polar surface area (TPSA) is 41.1 Å². The Bertz CT molecular complexity index is 623. The summed E-state index contributed by atoms with van der Waals surface area (Å²) >= 11 is 0. The van der Waals surface area contributed by atoms with Gasteiger partial charge in [-0.25, -0.2) is 0 Å². The third-order valence-corrected chi connectivity index (χ3v) is 3.84. The van der Waals surface area contributed by atoms with Gasteiger partial charge in [-0.1, -0.05) is 55.5 Å². The average Bonchev–Trinajstić information content (AvgIpc) is 2.54. The minimum Gasteiger partial charge on any atom is -0.376 e. The van der Waals surface area contributed by atoms with Gasteiger partial charge in [0.2, 0.25) is 5.91 Å². The molecule has 0 aliphatic carbocycles. The van der Waals surface area contributed by atoms with Crippen LogP contribution in [-0.4, -0.2) is 12.5 Å². The van der Waals surface area contributed by atoms with E-state index >= 15 is 0 Å². The van der Waals surface area contributed by atoms with E-state index in [1.54, 1.807) is 0 Å². The van der Waals surface area contributed by atoms with E-state index in [0.717, 1.165) is 17.7 Å². The molecule has 1 amide bonds. The van der Waals surface area contributed by atoms with Gasteiger partial charge in [-0.15, -0.1) is 0 Å². The lowest BCUT2D eigenvalue weighted by atomic mass is 10.1. The van der Waals surface area contributed by atoms with E-state index in [2.05, 4.69) is 42.7 Å². The highest BCUT2D eigenvalue weighted by atomic mass is 16.1. The minimum absolute atomic E-state index is 0.00154. The Labute approximate surface area is 132 Å². The van der Waals surface area contributed by atoms with Crippen LogP contribution in [0.25, 0.3) is 0 Å². The first-order valence-corrected chi connectivity index (χ1v) is 7.78. The molecule has 0 radical (unpaired) electrons. The molecule has 0 saturated heterocycles. The fraction of sp³-hybridized carbons (Fsp3) is 0.316. The van der Waals surface area contributed by atoms with Crippen LogP contribution in [0.15, 0.2) is 48.5 Å². The van der Waals surface area contributed by atoms with Crippen LogP contribution >= 0.6 is 0 Å². The molecular weight excluding hydrogens is 272 g/mol. The standard InChI is InChI=1S/C19H24N2O/c1-4-16-12-8-9-14(2)19(16)20-13-18(22)21-15(3)17-10-6-5-7-11-17/h5-12,15,20H,4,13H2,1-3H3,(H,21,22). The van der Waals surface area contributed by atoms with Crippen molar-refractivity contribution in [3.8, 4) is 0 Å². The number of aryl methyl sites for hydroxylation is 2. The van der Waals surface area contributed by atoms with Crippen molar-refractivity contribution in [1.29, 1.82) is 0 Å². The van der Waals surface area contributed by atoms with Gasteiger partial charge in [0.25, 0.3) is 0 Å². The van der Waals surface area contributed by atoms with Crippen LogP contribution in [0.1, 0.15) is 36.6 Å². The Morgan fingerprint density at radius 1 is 1.09 bits per heavy atom. The number of anilines is 1. The van der Waals surface area contributed by atoms with Crippen molar-refractivity contribution in [3.63, 3.8) is 0 Å². The van der Waals surface area contributed by atoms with Gasteiger partial charge >= 0.3 is 0 Å². The molecule has 1 atom stereocenters. The number of carbonyl (C=O) groups is 1. The lowest BCUT2D eigenvalue weighted by molar-refractivity contribution is -0.120. The molecule has 2 N–H and O–H groups in total. The Balaban J connectivity index is 1.94. The van der Waals surface area contributed by atoms with E-state index in [0.29, 0.717) is 0 Å². The number of para-hydroxylation sites is 1. The minimum atomic E-state index is 0.00154. The highest BCUT2D eigenvalue weighted by Crippen LogP contribution is 2.20. The summed E-state index contributed by atoms with van der Waals surface area (Å²) in [5, 5.41) is 6.30. The van der Waals surface area contributed by atoms with Crippen LogP contribution in [0.5, 0.6) is 0 Å². The van der Waals surface area contributed by atoms with Crippen LogP contribution < -0.4 is 10.6 Å². The van der Waals surface area contributed by atoms with Crippen LogP contribution in [-0.2, 0) is 11.2 Å². The summed E-state index contributed by atoms with van der Waals surface area (Å²) in [6.45, 7) is 6.47. The maximum absolute atomic E-state index is 12.1. The van der Waals surface area contributed by atoms with Crippen molar-refractivity contribution >= 4 is 11.6 Å². The monoisotopic (exact) mass is 296 g/mol. The highest BCUT2D eigenvalue weighted by molar-refractivity contribution is 5.81. The van der Waals surface area contributed by atoms with Crippen LogP contribution in [0.2, 0.25) is 0 Å². The van der Waals surface area contributed by atoms with E-state index in [1.807, 2.05) is 37.3 Å².